The van der Waals surface area contributed by atoms with Gasteiger partial charge in [0.2, 0.25) is 0 Å². The van der Waals surface area contributed by atoms with Gasteiger partial charge in [-0.05, 0) is 0 Å². The molecule has 8 unspecified atom stereocenters. The van der Waals surface area contributed by atoms with E-state index < -0.39 is 160 Å². The Hall–Kier alpha value is -2.80. The van der Waals surface area contributed by atoms with Crippen LogP contribution in [0.15, 0.2) is 0 Å². The number of carbonyl (C=O) groups is 4. The highest BCUT2D eigenvalue weighted by molar-refractivity contribution is 5.74. The Labute approximate surface area is 324 Å². The van der Waals surface area contributed by atoms with Crippen molar-refractivity contribution in [2.75, 3.05) is 41.7 Å². The summed E-state index contributed by atoms with van der Waals surface area (Å²) >= 11 is 0. The number of carboxylic acids is 2. The summed E-state index contributed by atoms with van der Waals surface area (Å²) in [6.07, 6.45) is -34.5. The summed E-state index contributed by atoms with van der Waals surface area (Å²) in [5.74, 6) is -5.13. The number of aliphatic hydroxyl groups excluding tert-OH is 6. The molecule has 20 atom stereocenters. The van der Waals surface area contributed by atoms with Crippen molar-refractivity contribution >= 4 is 23.9 Å². The van der Waals surface area contributed by atoms with Crippen LogP contribution >= 0.6 is 0 Å². The number of hydrogen-bond donors (Lipinski definition) is 8. The van der Waals surface area contributed by atoms with E-state index in [1.54, 1.807) is 0 Å². The molecular weight excluding hydrogens is 784 g/mol. The highest BCUT2D eigenvalue weighted by Crippen LogP contribution is 2.37. The Balaban J connectivity index is 1.67. The molecule has 0 radical (unpaired) electrons. The number of hydrogen-bond acceptors (Lipinski definition) is 23. The maximum atomic E-state index is 12.7. The van der Waals surface area contributed by atoms with E-state index in [2.05, 4.69) is 0 Å². The van der Waals surface area contributed by atoms with E-state index in [1.165, 1.54) is 7.11 Å². The Kier molecular flexibility index (Phi) is 16.8. The molecule has 4 heterocycles. The van der Waals surface area contributed by atoms with Gasteiger partial charge in [0.1, 0.15) is 86.0 Å². The van der Waals surface area contributed by atoms with Crippen LogP contribution in [0.25, 0.3) is 0 Å². The molecule has 0 aliphatic carbocycles. The molecular formula is C32H50O25. The number of esters is 2. The van der Waals surface area contributed by atoms with Crippen molar-refractivity contribution in [3.8, 4) is 0 Å². The Morgan fingerprint density at radius 3 is 1.54 bits per heavy atom. The van der Waals surface area contributed by atoms with Crippen LogP contribution in [0.3, 0.4) is 0 Å². The van der Waals surface area contributed by atoms with Crippen molar-refractivity contribution in [1.82, 2.24) is 0 Å². The number of methoxy groups -OCH3 is 4. The van der Waals surface area contributed by atoms with Crippen LogP contribution in [0.5, 0.6) is 0 Å². The third kappa shape index (κ3) is 10.3. The van der Waals surface area contributed by atoms with E-state index in [1.807, 2.05) is 0 Å². The topological polar surface area (TPSA) is 350 Å². The molecule has 4 aliphatic rings. The molecule has 0 aromatic rings. The monoisotopic (exact) mass is 834 g/mol. The molecule has 4 fully saturated rings. The van der Waals surface area contributed by atoms with Crippen molar-refractivity contribution in [3.05, 3.63) is 0 Å². The third-order valence-electron chi connectivity index (χ3n) is 9.67. The lowest BCUT2D eigenvalue weighted by Gasteiger charge is -2.50. The van der Waals surface area contributed by atoms with Crippen LogP contribution in [0, 0.1) is 0 Å². The largest absolute Gasteiger partial charge is 0.479 e. The molecule has 57 heavy (non-hydrogen) atoms. The highest BCUT2D eigenvalue weighted by atomic mass is 16.8. The average Bonchev–Trinajstić information content (AvgIpc) is 3.16. The van der Waals surface area contributed by atoms with Gasteiger partial charge in [-0.3, -0.25) is 9.59 Å². The Morgan fingerprint density at radius 1 is 0.509 bits per heavy atom. The van der Waals surface area contributed by atoms with Gasteiger partial charge in [0.15, 0.2) is 43.5 Å². The van der Waals surface area contributed by atoms with Crippen molar-refractivity contribution in [3.63, 3.8) is 0 Å². The van der Waals surface area contributed by atoms with Crippen molar-refractivity contribution < 1.29 is 122 Å². The molecule has 0 amide bonds. The minimum absolute atomic E-state index is 0.695. The standard InChI is InChI=1S/C32H50O25/c1-9(34)49-8-12-18(54-31-25(47-5)19(45-3)15(38)21(55-31)27(40)41)20(50-10(2)35)16(39)30(52-12)56-23-22(46-4)26(48-6)32(57-24(23)28(42)43)53-17-11(7-33)51-29(44)14(37)13(17)36/h11-26,29-33,36-39,44H,7-8H2,1-6H3,(H,40,41)(H,42,43)/t11?,12-,13-,14?,15-,16?,17+,18-,19+,20?,21?,22?,23+,24-,25?,26?,29-,30-,31-,32+/m1/s1. The molecule has 4 rings (SSSR count). The molecule has 8 N–H and O–H groups in total. The van der Waals surface area contributed by atoms with E-state index in [9.17, 15) is 60.0 Å². The fourth-order valence-corrected chi connectivity index (χ4v) is 6.97. The van der Waals surface area contributed by atoms with Gasteiger partial charge in [-0.2, -0.15) is 0 Å². The van der Waals surface area contributed by atoms with Crippen LogP contribution < -0.4 is 0 Å². The molecule has 0 bridgehead atoms. The van der Waals surface area contributed by atoms with Gasteiger partial charge >= 0.3 is 23.9 Å². The first kappa shape index (κ1) is 46.9. The molecule has 25 nitrogen and oxygen atoms in total. The molecule has 0 aromatic carbocycles. The first-order valence-electron chi connectivity index (χ1n) is 17.4. The number of carbonyl (C=O) groups excluding carboxylic acids is 2. The second kappa shape index (κ2) is 20.4. The van der Waals surface area contributed by atoms with Gasteiger partial charge in [-0.1, -0.05) is 0 Å². The smallest absolute Gasteiger partial charge is 0.335 e. The lowest BCUT2D eigenvalue weighted by atomic mass is 9.95. The lowest BCUT2D eigenvalue weighted by molar-refractivity contribution is -0.386. The summed E-state index contributed by atoms with van der Waals surface area (Å²) in [7, 11) is 4.60. The highest BCUT2D eigenvalue weighted by Gasteiger charge is 2.59. The molecule has 4 aliphatic heterocycles. The summed E-state index contributed by atoms with van der Waals surface area (Å²) < 4.78 is 72.5. The van der Waals surface area contributed by atoms with Gasteiger partial charge in [0.05, 0.1) is 6.61 Å². The minimum Gasteiger partial charge on any atom is -0.479 e. The summed E-state index contributed by atoms with van der Waals surface area (Å²) in [4.78, 5) is 49.1. The summed E-state index contributed by atoms with van der Waals surface area (Å²) in [5.41, 5.74) is 0. The number of rotatable bonds is 16. The molecule has 25 heteroatoms. The number of aliphatic hydroxyl groups is 6. The van der Waals surface area contributed by atoms with E-state index in [4.69, 9.17) is 61.6 Å². The van der Waals surface area contributed by atoms with Crippen molar-refractivity contribution in [2.24, 2.45) is 0 Å². The predicted octanol–water partition coefficient (Wildman–Crippen LogP) is -5.81. The fourth-order valence-electron chi connectivity index (χ4n) is 6.97. The zero-order valence-corrected chi connectivity index (χ0v) is 31.5. The van der Waals surface area contributed by atoms with E-state index in [0.717, 1.165) is 35.2 Å². The normalized spacial score (nSPS) is 43.9. The average molecular weight is 835 g/mol. The number of carboxylic acid groups (broad SMARTS) is 2. The van der Waals surface area contributed by atoms with Crippen molar-refractivity contribution in [1.29, 1.82) is 0 Å². The summed E-state index contributed by atoms with van der Waals surface area (Å²) in [5, 5.41) is 82.9. The van der Waals surface area contributed by atoms with E-state index in [-0.39, 0.29) is 0 Å². The second-order valence-electron chi connectivity index (χ2n) is 13.3. The van der Waals surface area contributed by atoms with E-state index >= 15 is 0 Å². The zero-order valence-electron chi connectivity index (χ0n) is 31.5. The minimum atomic E-state index is -2.08. The van der Waals surface area contributed by atoms with Crippen LogP contribution in [-0.4, -0.2) is 229 Å². The Morgan fingerprint density at radius 2 is 1.04 bits per heavy atom. The third-order valence-corrected chi connectivity index (χ3v) is 9.67. The van der Waals surface area contributed by atoms with Gasteiger partial charge in [-0.15, -0.1) is 0 Å². The maximum Gasteiger partial charge on any atom is 0.335 e. The quantitative estimate of drug-likeness (QED) is 0.0671. The number of aliphatic carboxylic acids is 2. The first-order valence-corrected chi connectivity index (χ1v) is 17.4. The van der Waals surface area contributed by atoms with Crippen LogP contribution in [-0.2, 0) is 80.8 Å². The molecule has 328 valence electrons. The molecule has 4 saturated heterocycles. The predicted molar refractivity (Wildman–Crippen MR) is 173 cm³/mol. The van der Waals surface area contributed by atoms with Crippen LogP contribution in [0.4, 0.5) is 0 Å². The molecule has 0 spiro atoms. The maximum absolute atomic E-state index is 12.7. The van der Waals surface area contributed by atoms with Crippen LogP contribution in [0.2, 0.25) is 0 Å². The second-order valence-corrected chi connectivity index (χ2v) is 13.3. The van der Waals surface area contributed by atoms with Crippen molar-refractivity contribution in [2.45, 2.75) is 137 Å². The zero-order chi connectivity index (χ0) is 42.5. The summed E-state index contributed by atoms with van der Waals surface area (Å²) in [6.45, 7) is 0.495. The van der Waals surface area contributed by atoms with Gasteiger partial charge in [-0.25, -0.2) is 9.59 Å². The SMILES string of the molecule is COC1C(OC)[C@H](O[C@H]2O[C@H](COC(C)=O)[C@@H](O[C@@H]3OC(C(=O)O)[C@H](O)[C@H](OC)C3OC)C(OC(C)=O)C2O)[C@H](C(=O)O)O[C@@H]1O[C@H]1C(CO)O[C@@H](O)C(O)[C@H]1O. The fraction of sp³-hybridized carbons (Fsp3) is 0.875. The van der Waals surface area contributed by atoms with Gasteiger partial charge in [0.25, 0.3) is 0 Å². The summed E-state index contributed by atoms with van der Waals surface area (Å²) in [6, 6.07) is 0. The number of ether oxygens (including phenoxy) is 13. The molecule has 0 aromatic heterocycles. The first-order chi connectivity index (χ1) is 26.9. The molecule has 0 saturated carbocycles. The van der Waals surface area contributed by atoms with Gasteiger partial charge < -0.3 is 102 Å². The van der Waals surface area contributed by atoms with Crippen LogP contribution in [0.1, 0.15) is 13.8 Å². The Bertz CT molecular complexity index is 1350. The lowest BCUT2D eigenvalue weighted by Crippen LogP contribution is -2.69. The van der Waals surface area contributed by atoms with E-state index in [0.29, 0.717) is 0 Å². The van der Waals surface area contributed by atoms with Gasteiger partial charge in [0, 0.05) is 42.3 Å².